The summed E-state index contributed by atoms with van der Waals surface area (Å²) in [6, 6.07) is 2.00. The van der Waals surface area contributed by atoms with E-state index in [0.29, 0.717) is 24.2 Å². The molecule has 0 unspecified atom stereocenters. The van der Waals surface area contributed by atoms with Crippen LogP contribution in [-0.2, 0) is 73.3 Å². The third kappa shape index (κ3) is 326. The van der Waals surface area contributed by atoms with Crippen molar-refractivity contribution in [2.45, 2.75) is 79.6 Å². The first-order valence-electron chi connectivity index (χ1n) is 7.65. The summed E-state index contributed by atoms with van der Waals surface area (Å²) in [5.41, 5.74) is 0. The first-order valence-corrected chi connectivity index (χ1v) is 11.7. The summed E-state index contributed by atoms with van der Waals surface area (Å²) in [5.74, 6) is 0. The van der Waals surface area contributed by atoms with Gasteiger partial charge in [0.1, 0.15) is 0 Å². The van der Waals surface area contributed by atoms with E-state index in [1.807, 2.05) is 0 Å². The molecule has 0 N–H and O–H groups in total. The molecule has 0 aliphatic heterocycles. The van der Waals surface area contributed by atoms with E-state index in [1.165, 1.54) is 0 Å². The number of nitrogens with zero attached hydrogens (tertiary/aromatic N) is 2. The van der Waals surface area contributed by atoms with Crippen molar-refractivity contribution in [2.75, 3.05) is 0 Å². The van der Waals surface area contributed by atoms with Crippen LogP contribution in [0.3, 0.4) is 0 Å². The van der Waals surface area contributed by atoms with Crippen molar-refractivity contribution in [3.05, 3.63) is 10.6 Å². The molecule has 0 bridgehead atoms. The van der Waals surface area contributed by atoms with E-state index in [2.05, 4.69) is 66.0 Å². The van der Waals surface area contributed by atoms with Gasteiger partial charge in [-0.25, -0.2) is 0 Å². The molecule has 196 valence electrons. The first-order chi connectivity index (χ1) is 12.3. The average molecular weight is 879 g/mol. The van der Waals surface area contributed by atoms with E-state index in [-0.39, 0.29) is 42.1 Å². The molecule has 0 atom stereocenters. The molecule has 0 amide bonds. The van der Waals surface area contributed by atoms with Gasteiger partial charge in [-0.05, 0) is 0 Å². The van der Waals surface area contributed by atoms with Crippen molar-refractivity contribution < 1.29 is 94.7 Å². The van der Waals surface area contributed by atoms with Crippen LogP contribution in [0.2, 0.25) is 0 Å². The molecule has 0 aliphatic rings. The van der Waals surface area contributed by atoms with Crippen LogP contribution in [0, 0.1) is 0 Å². The van der Waals surface area contributed by atoms with Gasteiger partial charge >= 0.3 is 42.1 Å². The monoisotopic (exact) mass is 878 g/mol. The van der Waals surface area contributed by atoms with Gasteiger partial charge in [-0.1, -0.05) is 55.4 Å². The summed E-state index contributed by atoms with van der Waals surface area (Å²) in [7, 11) is -15.5. The van der Waals surface area contributed by atoms with Crippen molar-refractivity contribution in [1.29, 1.82) is 0 Å². The molecular formula is C12H28N2O12Pt2S3. The summed E-state index contributed by atoms with van der Waals surface area (Å²) < 4.78 is 102. The third-order valence-corrected chi connectivity index (χ3v) is 1.19. The fourth-order valence-corrected chi connectivity index (χ4v) is 1.19. The Morgan fingerprint density at radius 2 is 0.484 bits per heavy atom. The van der Waals surface area contributed by atoms with Crippen molar-refractivity contribution in [3.8, 4) is 0 Å². The maximum absolute atomic E-state index is 8.52. The Hall–Kier alpha value is 0.907. The van der Waals surface area contributed by atoms with Crippen LogP contribution in [0.15, 0.2) is 0 Å². The van der Waals surface area contributed by atoms with Gasteiger partial charge in [-0.3, -0.25) is 25.3 Å². The fraction of sp³-hybridized carbons (Fsp3) is 1.00. The minimum Gasteiger partial charge on any atom is -0.759 e. The molecule has 0 heterocycles. The van der Waals surface area contributed by atoms with Crippen LogP contribution in [0.4, 0.5) is 0 Å². The Bertz CT molecular complexity index is 546. The SMILES string of the molecule is CC(C)[N-]C(C)C.CC(C)[N-]C(C)C.O=S(=O)([O-])[O-].O=S(=O)([O-])[O-].O=S(=O)([O-])[O-].[Pt+4].[Pt+4]. The Morgan fingerprint density at radius 1 is 0.419 bits per heavy atom. The zero-order chi connectivity index (χ0) is 25.2. The predicted molar refractivity (Wildman–Crippen MR) is 98.7 cm³/mol. The number of hydrogen-bond donors (Lipinski definition) is 0. The summed E-state index contributed by atoms with van der Waals surface area (Å²) in [4.78, 5) is 0. The Kier molecular flexibility index (Phi) is 40.5. The van der Waals surface area contributed by atoms with Crippen molar-refractivity contribution in [2.24, 2.45) is 0 Å². The number of rotatable bonds is 4. The second-order valence-corrected chi connectivity index (χ2v) is 8.35. The molecule has 31 heavy (non-hydrogen) atoms. The van der Waals surface area contributed by atoms with E-state index in [9.17, 15) is 0 Å². The standard InChI is InChI=1S/2C6H14N.3H2O4S.2Pt/c2*1-5(2)7-6(3)4;3*1-5(2,3)4;;/h2*5-6H,1-4H3;3*(H2,1,2,3,4);;/q2*-1;;;;2*+4/p-6. The molecule has 0 spiro atoms. The second kappa shape index (κ2) is 25.5. The van der Waals surface area contributed by atoms with Gasteiger partial charge in [0.15, 0.2) is 0 Å². The maximum Gasteiger partial charge on any atom is 4.00 e. The molecule has 0 aromatic heterocycles. The van der Waals surface area contributed by atoms with Crippen molar-refractivity contribution in [1.82, 2.24) is 0 Å². The van der Waals surface area contributed by atoms with Crippen LogP contribution in [0.5, 0.6) is 0 Å². The summed E-state index contributed by atoms with van der Waals surface area (Å²) >= 11 is 0. The summed E-state index contributed by atoms with van der Waals surface area (Å²) in [5, 5.41) is 8.56. The fourth-order valence-electron chi connectivity index (χ4n) is 1.19. The third-order valence-electron chi connectivity index (χ3n) is 1.19. The van der Waals surface area contributed by atoms with Gasteiger partial charge in [-0.2, -0.15) is 0 Å². The zero-order valence-electron chi connectivity index (χ0n) is 18.0. The molecule has 0 radical (unpaired) electrons. The molecule has 0 aliphatic carbocycles. The van der Waals surface area contributed by atoms with Gasteiger partial charge in [-0.15, -0.1) is 24.2 Å². The molecule has 0 aromatic rings. The topological polar surface area (TPSA) is 269 Å². The largest absolute Gasteiger partial charge is 4.00 e. The number of hydrogen-bond acceptors (Lipinski definition) is 12. The van der Waals surface area contributed by atoms with Crippen LogP contribution in [0.25, 0.3) is 10.6 Å². The minimum absolute atomic E-state index is 0. The van der Waals surface area contributed by atoms with Crippen molar-refractivity contribution >= 4 is 31.2 Å². The summed E-state index contributed by atoms with van der Waals surface area (Å²) in [6.07, 6.45) is 0. The van der Waals surface area contributed by atoms with Crippen LogP contribution in [-0.4, -0.2) is 76.7 Å². The van der Waals surface area contributed by atoms with Crippen LogP contribution < -0.4 is 0 Å². The summed E-state index contributed by atoms with van der Waals surface area (Å²) in [6.45, 7) is 16.8. The average Bonchev–Trinajstić information content (AvgIpc) is 2.16. The first kappa shape index (κ1) is 49.1. The maximum atomic E-state index is 8.52. The van der Waals surface area contributed by atoms with E-state index in [0.717, 1.165) is 0 Å². The van der Waals surface area contributed by atoms with E-state index < -0.39 is 31.2 Å². The zero-order valence-corrected chi connectivity index (χ0v) is 25.0. The predicted octanol–water partition coefficient (Wildman–Crippen LogP) is 0.335. The van der Waals surface area contributed by atoms with Crippen LogP contribution >= 0.6 is 0 Å². The van der Waals surface area contributed by atoms with E-state index in [1.54, 1.807) is 0 Å². The minimum atomic E-state index is -5.17. The Labute approximate surface area is 215 Å². The Morgan fingerprint density at radius 3 is 0.484 bits per heavy atom. The molecule has 0 saturated carbocycles. The molecule has 0 aromatic carbocycles. The van der Waals surface area contributed by atoms with Crippen molar-refractivity contribution in [3.63, 3.8) is 0 Å². The van der Waals surface area contributed by atoms with Gasteiger partial charge in [0.2, 0.25) is 0 Å². The smallest absolute Gasteiger partial charge is 0.759 e. The quantitative estimate of drug-likeness (QED) is 0.273. The molecule has 0 fully saturated rings. The second-order valence-electron chi connectivity index (χ2n) is 5.90. The van der Waals surface area contributed by atoms with Crippen LogP contribution in [0.1, 0.15) is 55.4 Å². The molecule has 14 nitrogen and oxygen atoms in total. The van der Waals surface area contributed by atoms with Gasteiger partial charge in [0.05, 0.1) is 0 Å². The molecular weight excluding hydrogens is 850 g/mol. The van der Waals surface area contributed by atoms with Gasteiger partial charge in [0.25, 0.3) is 0 Å². The molecule has 0 saturated heterocycles. The normalized spacial score (nSPS) is 10.6. The van der Waals surface area contributed by atoms with Gasteiger partial charge < -0.3 is 38.0 Å². The van der Waals surface area contributed by atoms with E-state index in [4.69, 9.17) is 52.6 Å². The molecule has 19 heteroatoms. The van der Waals surface area contributed by atoms with E-state index >= 15 is 0 Å². The van der Waals surface area contributed by atoms with Gasteiger partial charge in [0, 0.05) is 31.2 Å². The Balaban J connectivity index is -0.0000000462. The molecule has 0 rings (SSSR count).